The maximum Gasteiger partial charge on any atom is 0.0591 e. The molecule has 0 radical (unpaired) electrons. The molecular weight excluding hydrogens is 100 g/mol. The van der Waals surface area contributed by atoms with Crippen LogP contribution in [-0.4, -0.2) is 11.2 Å². The molecule has 1 N–H and O–H groups in total. The molecule has 0 aliphatic heterocycles. The van der Waals surface area contributed by atoms with E-state index in [-0.39, 0.29) is 6.10 Å². The summed E-state index contributed by atoms with van der Waals surface area (Å²) < 4.78 is 0. The minimum Gasteiger partial charge on any atom is -0.393 e. The monoisotopic (exact) mass is 114 g/mol. The van der Waals surface area contributed by atoms with Gasteiger partial charge in [0.25, 0.3) is 0 Å². The van der Waals surface area contributed by atoms with E-state index in [1.165, 1.54) is 12.8 Å². The van der Waals surface area contributed by atoms with Gasteiger partial charge in [-0.3, -0.25) is 0 Å². The summed E-state index contributed by atoms with van der Waals surface area (Å²) in [6, 6.07) is 0. The van der Waals surface area contributed by atoms with E-state index in [1.54, 1.807) is 0 Å². The van der Waals surface area contributed by atoms with Crippen molar-refractivity contribution in [2.45, 2.75) is 32.8 Å². The molecule has 0 aromatic carbocycles. The van der Waals surface area contributed by atoms with Crippen LogP contribution in [0.3, 0.4) is 0 Å². The van der Waals surface area contributed by atoms with Crippen LogP contribution in [0.1, 0.15) is 26.7 Å². The van der Waals surface area contributed by atoms with Gasteiger partial charge in [-0.1, -0.05) is 13.8 Å². The van der Waals surface area contributed by atoms with E-state index in [4.69, 9.17) is 0 Å². The van der Waals surface area contributed by atoms with Crippen LogP contribution in [0.4, 0.5) is 0 Å². The van der Waals surface area contributed by atoms with Crippen molar-refractivity contribution in [1.29, 1.82) is 0 Å². The number of rotatable bonds is 2. The maximum atomic E-state index is 9.27. The SMILES string of the molecule is CC(C)[C@H](O)C1CC1. The molecule has 1 aliphatic rings. The highest BCUT2D eigenvalue weighted by atomic mass is 16.3. The normalized spacial score (nSPS) is 24.0. The number of hydrogen-bond donors (Lipinski definition) is 1. The second-order valence-corrected chi connectivity index (χ2v) is 3.07. The van der Waals surface area contributed by atoms with Crippen LogP contribution in [0.5, 0.6) is 0 Å². The van der Waals surface area contributed by atoms with E-state index in [1.807, 2.05) is 0 Å². The first-order chi connectivity index (χ1) is 3.72. The fraction of sp³-hybridized carbons (Fsp3) is 1.00. The van der Waals surface area contributed by atoms with Gasteiger partial charge in [0.05, 0.1) is 6.10 Å². The third-order valence-electron chi connectivity index (χ3n) is 1.79. The molecule has 0 aromatic rings. The van der Waals surface area contributed by atoms with Crippen LogP contribution >= 0.6 is 0 Å². The molecule has 0 aromatic heterocycles. The maximum absolute atomic E-state index is 9.27. The molecule has 1 heteroatoms. The van der Waals surface area contributed by atoms with Crippen molar-refractivity contribution in [3.63, 3.8) is 0 Å². The summed E-state index contributed by atoms with van der Waals surface area (Å²) in [4.78, 5) is 0. The van der Waals surface area contributed by atoms with Crippen LogP contribution in [0.15, 0.2) is 0 Å². The van der Waals surface area contributed by atoms with Gasteiger partial charge in [0, 0.05) is 0 Å². The quantitative estimate of drug-likeness (QED) is 0.575. The van der Waals surface area contributed by atoms with Crippen molar-refractivity contribution in [1.82, 2.24) is 0 Å². The topological polar surface area (TPSA) is 20.2 Å². The molecule has 0 unspecified atom stereocenters. The lowest BCUT2D eigenvalue weighted by Gasteiger charge is -2.11. The van der Waals surface area contributed by atoms with E-state index in [0.29, 0.717) is 11.8 Å². The third kappa shape index (κ3) is 1.22. The van der Waals surface area contributed by atoms with Crippen molar-refractivity contribution in [3.05, 3.63) is 0 Å². The molecular formula is C7H14O. The highest BCUT2D eigenvalue weighted by Gasteiger charge is 2.31. The lowest BCUT2D eigenvalue weighted by atomic mass is 10.0. The average molecular weight is 114 g/mol. The van der Waals surface area contributed by atoms with E-state index in [2.05, 4.69) is 13.8 Å². The first-order valence-corrected chi connectivity index (χ1v) is 3.40. The molecule has 0 bridgehead atoms. The van der Waals surface area contributed by atoms with Gasteiger partial charge in [0.15, 0.2) is 0 Å². The largest absolute Gasteiger partial charge is 0.393 e. The Kier molecular flexibility index (Phi) is 1.57. The van der Waals surface area contributed by atoms with Crippen molar-refractivity contribution < 1.29 is 5.11 Å². The third-order valence-corrected chi connectivity index (χ3v) is 1.79. The Morgan fingerprint density at radius 3 is 2.00 bits per heavy atom. The van der Waals surface area contributed by atoms with Crippen molar-refractivity contribution in [3.8, 4) is 0 Å². The van der Waals surface area contributed by atoms with Crippen LogP contribution in [-0.2, 0) is 0 Å². The van der Waals surface area contributed by atoms with Gasteiger partial charge in [-0.25, -0.2) is 0 Å². The number of aliphatic hydroxyl groups is 1. The van der Waals surface area contributed by atoms with E-state index < -0.39 is 0 Å². The molecule has 0 amide bonds. The van der Waals surface area contributed by atoms with Crippen molar-refractivity contribution in [2.24, 2.45) is 11.8 Å². The smallest absolute Gasteiger partial charge is 0.0591 e. The Bertz CT molecular complexity index is 72.5. The highest BCUT2D eigenvalue weighted by Crippen LogP contribution is 2.35. The molecule has 0 spiro atoms. The molecule has 1 atom stereocenters. The van der Waals surface area contributed by atoms with Gasteiger partial charge >= 0.3 is 0 Å². The van der Waals surface area contributed by atoms with E-state index >= 15 is 0 Å². The van der Waals surface area contributed by atoms with Gasteiger partial charge in [0.1, 0.15) is 0 Å². The minimum atomic E-state index is -0.0185. The molecule has 1 saturated carbocycles. The second-order valence-electron chi connectivity index (χ2n) is 3.07. The summed E-state index contributed by atoms with van der Waals surface area (Å²) in [5.41, 5.74) is 0. The van der Waals surface area contributed by atoms with Crippen LogP contribution in [0, 0.1) is 11.8 Å². The van der Waals surface area contributed by atoms with Gasteiger partial charge in [-0.2, -0.15) is 0 Å². The van der Waals surface area contributed by atoms with Crippen molar-refractivity contribution in [2.75, 3.05) is 0 Å². The fourth-order valence-corrected chi connectivity index (χ4v) is 0.982. The predicted molar refractivity (Wildman–Crippen MR) is 33.6 cm³/mol. The average Bonchev–Trinajstić information content (AvgIpc) is 2.43. The lowest BCUT2D eigenvalue weighted by Crippen LogP contribution is -2.16. The van der Waals surface area contributed by atoms with E-state index in [9.17, 15) is 5.11 Å². The predicted octanol–water partition coefficient (Wildman–Crippen LogP) is 1.41. The van der Waals surface area contributed by atoms with Gasteiger partial charge in [-0.15, -0.1) is 0 Å². The summed E-state index contributed by atoms with van der Waals surface area (Å²) in [7, 11) is 0. The van der Waals surface area contributed by atoms with Crippen LogP contribution in [0.25, 0.3) is 0 Å². The summed E-state index contributed by atoms with van der Waals surface area (Å²) >= 11 is 0. The summed E-state index contributed by atoms with van der Waals surface area (Å²) in [6.07, 6.45) is 2.48. The Balaban J connectivity index is 2.22. The molecule has 1 aliphatic carbocycles. The van der Waals surface area contributed by atoms with Crippen molar-refractivity contribution >= 4 is 0 Å². The fourth-order valence-electron chi connectivity index (χ4n) is 0.982. The molecule has 0 heterocycles. The molecule has 48 valence electrons. The van der Waals surface area contributed by atoms with Gasteiger partial charge < -0.3 is 5.11 Å². The summed E-state index contributed by atoms with van der Waals surface area (Å²) in [6.45, 7) is 4.14. The van der Waals surface area contributed by atoms with Crippen LogP contribution < -0.4 is 0 Å². The standard InChI is InChI=1S/C7H14O/c1-5(2)7(8)6-3-4-6/h5-8H,3-4H2,1-2H3/t7-/m0/s1. The lowest BCUT2D eigenvalue weighted by molar-refractivity contribution is 0.103. The Labute approximate surface area is 50.7 Å². The van der Waals surface area contributed by atoms with Gasteiger partial charge in [-0.05, 0) is 24.7 Å². The Morgan fingerprint density at radius 1 is 1.38 bits per heavy atom. The second kappa shape index (κ2) is 2.06. The molecule has 1 fully saturated rings. The zero-order valence-corrected chi connectivity index (χ0v) is 5.59. The first-order valence-electron chi connectivity index (χ1n) is 3.40. The Hall–Kier alpha value is -0.0400. The Morgan fingerprint density at radius 2 is 1.88 bits per heavy atom. The number of aliphatic hydroxyl groups excluding tert-OH is 1. The summed E-state index contributed by atoms with van der Waals surface area (Å²) in [5, 5.41) is 9.27. The van der Waals surface area contributed by atoms with Gasteiger partial charge in [0.2, 0.25) is 0 Å². The number of hydrogen-bond acceptors (Lipinski definition) is 1. The molecule has 1 rings (SSSR count). The first kappa shape index (κ1) is 6.09. The minimum absolute atomic E-state index is 0.0185. The van der Waals surface area contributed by atoms with E-state index in [0.717, 1.165) is 0 Å². The molecule has 8 heavy (non-hydrogen) atoms. The highest BCUT2D eigenvalue weighted by molar-refractivity contribution is 4.82. The summed E-state index contributed by atoms with van der Waals surface area (Å²) in [5.74, 6) is 1.11. The molecule has 0 saturated heterocycles. The van der Waals surface area contributed by atoms with Crippen LogP contribution in [0.2, 0.25) is 0 Å². The zero-order valence-electron chi connectivity index (χ0n) is 5.59. The molecule has 1 nitrogen and oxygen atoms in total. The zero-order chi connectivity index (χ0) is 6.15.